The number of aliphatic hydroxyl groups excluding tert-OH is 1. The van der Waals surface area contributed by atoms with Crippen molar-refractivity contribution in [3.63, 3.8) is 0 Å². The number of benzene rings is 1. The lowest BCUT2D eigenvalue weighted by atomic mass is 10.0. The number of hydrogen-bond acceptors (Lipinski definition) is 9. The van der Waals surface area contributed by atoms with Gasteiger partial charge in [0, 0.05) is 44.8 Å². The van der Waals surface area contributed by atoms with Gasteiger partial charge in [-0.15, -0.1) is 11.3 Å². The monoisotopic (exact) mass is 666 g/mol. The van der Waals surface area contributed by atoms with Crippen molar-refractivity contribution in [3.05, 3.63) is 41.3 Å². The van der Waals surface area contributed by atoms with E-state index in [1.54, 1.807) is 54.6 Å². The SMILES string of the molecule is C[C@H](CO)N1C[C@H](C)[C@@H](CN(C)S(=O)(=O)c2cccs2)OCCCC[C@H](C)Oc2ccc(NC(=O)CCCN(C)C)cc2C1=O. The third-order valence-electron chi connectivity index (χ3n) is 7.94. The summed E-state index contributed by atoms with van der Waals surface area (Å²) in [6.07, 6.45) is 2.67. The molecule has 3 rings (SSSR count). The molecule has 0 aliphatic carbocycles. The Balaban J connectivity index is 1.92. The van der Waals surface area contributed by atoms with E-state index in [2.05, 4.69) is 5.32 Å². The highest BCUT2D eigenvalue weighted by atomic mass is 32.2. The van der Waals surface area contributed by atoms with Crippen LogP contribution in [0.3, 0.4) is 0 Å². The van der Waals surface area contributed by atoms with Gasteiger partial charge in [0.1, 0.15) is 9.96 Å². The van der Waals surface area contributed by atoms with Gasteiger partial charge in [0.15, 0.2) is 0 Å². The van der Waals surface area contributed by atoms with Gasteiger partial charge in [0.2, 0.25) is 5.91 Å². The van der Waals surface area contributed by atoms with Gasteiger partial charge >= 0.3 is 0 Å². The van der Waals surface area contributed by atoms with Crippen LogP contribution in [0.4, 0.5) is 5.69 Å². The van der Waals surface area contributed by atoms with Crippen molar-refractivity contribution in [1.29, 1.82) is 0 Å². The van der Waals surface area contributed by atoms with Crippen molar-refractivity contribution in [2.45, 2.75) is 75.3 Å². The average molecular weight is 667 g/mol. The first-order valence-electron chi connectivity index (χ1n) is 15.6. The van der Waals surface area contributed by atoms with Crippen LogP contribution in [0.2, 0.25) is 0 Å². The number of nitrogens with zero attached hydrogens (tertiary/aromatic N) is 3. The highest BCUT2D eigenvalue weighted by Crippen LogP contribution is 2.29. The number of thiophene rings is 1. The zero-order valence-electron chi connectivity index (χ0n) is 27.4. The Kier molecular flexibility index (Phi) is 14.3. The van der Waals surface area contributed by atoms with Gasteiger partial charge < -0.3 is 29.7 Å². The van der Waals surface area contributed by atoms with Crippen LogP contribution in [0, 0.1) is 5.92 Å². The molecule has 2 amide bonds. The molecule has 1 aliphatic rings. The minimum absolute atomic E-state index is 0.108. The molecule has 45 heavy (non-hydrogen) atoms. The second-order valence-corrected chi connectivity index (χ2v) is 15.4. The predicted molar refractivity (Wildman–Crippen MR) is 177 cm³/mol. The fraction of sp³-hybridized carbons (Fsp3) is 0.625. The van der Waals surface area contributed by atoms with Crippen molar-refractivity contribution in [2.24, 2.45) is 5.92 Å². The number of amides is 2. The Morgan fingerprint density at radius 2 is 1.96 bits per heavy atom. The molecular formula is C32H50N4O7S2. The quantitative estimate of drug-likeness (QED) is 0.366. The second-order valence-electron chi connectivity index (χ2n) is 12.2. The van der Waals surface area contributed by atoms with E-state index < -0.39 is 22.2 Å². The summed E-state index contributed by atoms with van der Waals surface area (Å²) in [5.74, 6) is -0.373. The molecule has 0 saturated carbocycles. The van der Waals surface area contributed by atoms with Gasteiger partial charge in [-0.05, 0) is 89.8 Å². The summed E-state index contributed by atoms with van der Waals surface area (Å²) in [4.78, 5) is 30.5. The number of nitrogens with one attached hydrogen (secondary N) is 1. The summed E-state index contributed by atoms with van der Waals surface area (Å²) in [6.45, 7) is 6.90. The molecule has 2 N–H and O–H groups in total. The van der Waals surface area contributed by atoms with E-state index >= 15 is 0 Å². The van der Waals surface area contributed by atoms with Crippen molar-refractivity contribution < 1.29 is 32.6 Å². The summed E-state index contributed by atoms with van der Waals surface area (Å²) in [6, 6.07) is 7.83. The van der Waals surface area contributed by atoms with Gasteiger partial charge in [0.25, 0.3) is 15.9 Å². The number of carbonyl (C=O) groups is 2. The Hall–Kier alpha value is -2.55. The molecule has 0 radical (unpaired) electrons. The molecule has 11 nitrogen and oxygen atoms in total. The molecule has 0 unspecified atom stereocenters. The first-order valence-corrected chi connectivity index (χ1v) is 17.9. The van der Waals surface area contributed by atoms with Crippen LogP contribution >= 0.6 is 11.3 Å². The molecule has 1 aromatic heterocycles. The highest BCUT2D eigenvalue weighted by Gasteiger charge is 2.32. The number of aliphatic hydroxyl groups is 1. The summed E-state index contributed by atoms with van der Waals surface area (Å²) < 4.78 is 40.5. The van der Waals surface area contributed by atoms with Crippen molar-refractivity contribution in [2.75, 3.05) is 59.3 Å². The molecule has 1 aliphatic heterocycles. The standard InChI is InChI=1S/C32H50N4O7S2/c1-23-20-36(24(2)22-37)32(39)27-19-26(33-30(38)12-9-16-34(4)5)14-15-28(27)43-25(3)11-7-8-17-42-29(23)21-35(6)45(40,41)31-13-10-18-44-31/h10,13-15,18-19,23-25,29,37H,7-9,11-12,16-17,20-22H2,1-6H3,(H,33,38)/t23-,24+,25-,29+/m0/s1. The van der Waals surface area contributed by atoms with E-state index in [-0.39, 0.29) is 53.3 Å². The second kappa shape index (κ2) is 17.4. The normalized spacial score (nSPS) is 21.2. The molecule has 0 spiro atoms. The smallest absolute Gasteiger partial charge is 0.258 e. The fourth-order valence-electron chi connectivity index (χ4n) is 5.16. The van der Waals surface area contributed by atoms with E-state index in [0.717, 1.165) is 37.1 Å². The molecule has 0 bridgehead atoms. The van der Waals surface area contributed by atoms with E-state index in [1.807, 2.05) is 32.8 Å². The third kappa shape index (κ3) is 10.8. The summed E-state index contributed by atoms with van der Waals surface area (Å²) in [5.41, 5.74) is 0.771. The number of rotatable bonds is 11. The molecule has 4 atom stereocenters. The third-order valence-corrected chi connectivity index (χ3v) is 11.1. The van der Waals surface area contributed by atoms with Gasteiger partial charge in [-0.25, -0.2) is 8.42 Å². The number of carbonyl (C=O) groups excluding carboxylic acids is 2. The van der Waals surface area contributed by atoms with Crippen LogP contribution in [0.5, 0.6) is 5.75 Å². The molecule has 252 valence electrons. The van der Waals surface area contributed by atoms with Crippen LogP contribution in [0.25, 0.3) is 0 Å². The lowest BCUT2D eigenvalue weighted by molar-refractivity contribution is -0.116. The maximum atomic E-state index is 14.3. The van der Waals surface area contributed by atoms with Gasteiger partial charge in [-0.3, -0.25) is 9.59 Å². The summed E-state index contributed by atoms with van der Waals surface area (Å²) >= 11 is 1.16. The number of ether oxygens (including phenoxy) is 2. The Bertz CT molecular complexity index is 1340. The number of fused-ring (bicyclic) bond motifs is 1. The number of likely N-dealkylation sites (N-methyl/N-ethyl adjacent to an activating group) is 1. The molecule has 0 saturated heterocycles. The van der Waals surface area contributed by atoms with E-state index in [0.29, 0.717) is 30.9 Å². The molecule has 1 aromatic carbocycles. The van der Waals surface area contributed by atoms with Crippen molar-refractivity contribution in [3.8, 4) is 5.75 Å². The lowest BCUT2D eigenvalue weighted by Gasteiger charge is -2.35. The van der Waals surface area contributed by atoms with Gasteiger partial charge in [-0.2, -0.15) is 4.31 Å². The van der Waals surface area contributed by atoms with E-state index in [9.17, 15) is 23.1 Å². The zero-order valence-corrected chi connectivity index (χ0v) is 29.0. The van der Waals surface area contributed by atoms with Crippen LogP contribution in [-0.2, 0) is 19.6 Å². The van der Waals surface area contributed by atoms with Crippen LogP contribution < -0.4 is 10.1 Å². The van der Waals surface area contributed by atoms with E-state index in [4.69, 9.17) is 9.47 Å². The Morgan fingerprint density at radius 1 is 1.20 bits per heavy atom. The fourth-order valence-corrected chi connectivity index (χ4v) is 7.54. The molecule has 0 fully saturated rings. The maximum Gasteiger partial charge on any atom is 0.258 e. The minimum Gasteiger partial charge on any atom is -0.490 e. The van der Waals surface area contributed by atoms with E-state index in [1.165, 1.54) is 4.31 Å². The molecule has 13 heteroatoms. The van der Waals surface area contributed by atoms with Crippen LogP contribution in [0.1, 0.15) is 63.2 Å². The first-order chi connectivity index (χ1) is 21.3. The topological polar surface area (TPSA) is 129 Å². The van der Waals surface area contributed by atoms with Gasteiger partial charge in [-0.1, -0.05) is 13.0 Å². The number of sulfonamides is 1. The van der Waals surface area contributed by atoms with Crippen molar-refractivity contribution in [1.82, 2.24) is 14.1 Å². The predicted octanol–water partition coefficient (Wildman–Crippen LogP) is 4.14. The van der Waals surface area contributed by atoms with Crippen LogP contribution in [0.15, 0.2) is 39.9 Å². The number of anilines is 1. The Labute approximate surface area is 272 Å². The largest absolute Gasteiger partial charge is 0.490 e. The average Bonchev–Trinajstić information content (AvgIpc) is 3.54. The summed E-state index contributed by atoms with van der Waals surface area (Å²) in [7, 11) is 1.76. The highest BCUT2D eigenvalue weighted by molar-refractivity contribution is 7.91. The maximum absolute atomic E-state index is 14.3. The molecular weight excluding hydrogens is 617 g/mol. The lowest BCUT2D eigenvalue weighted by Crippen LogP contribution is -2.48. The van der Waals surface area contributed by atoms with Crippen LogP contribution in [-0.4, -0.2) is 112 Å². The minimum atomic E-state index is -3.70. The first kappa shape index (κ1) is 36.9. The summed E-state index contributed by atoms with van der Waals surface area (Å²) in [5, 5.41) is 14.8. The molecule has 2 heterocycles. The number of hydrogen-bond donors (Lipinski definition) is 2. The van der Waals surface area contributed by atoms with Gasteiger partial charge in [0.05, 0.1) is 30.4 Å². The molecule has 2 aromatic rings. The Morgan fingerprint density at radius 3 is 2.62 bits per heavy atom. The van der Waals surface area contributed by atoms with Crippen molar-refractivity contribution >= 4 is 38.9 Å². The zero-order chi connectivity index (χ0) is 33.1.